The first-order chi connectivity index (χ1) is 3.34. The molecule has 1 saturated carbocycles. The largest absolute Gasteiger partial charge is 0.321 e. The summed E-state index contributed by atoms with van der Waals surface area (Å²) in [5.41, 5.74) is 5.25. The van der Waals surface area contributed by atoms with Crippen molar-refractivity contribution < 1.29 is 4.79 Å². The van der Waals surface area contributed by atoms with Crippen LogP contribution in [0.5, 0.6) is 0 Å². The van der Waals surface area contributed by atoms with E-state index in [0.717, 1.165) is 12.8 Å². The highest BCUT2D eigenvalue weighted by atomic mass is 16.1. The quantitative estimate of drug-likeness (QED) is 0.521. The fraction of sp³-hybridized carbons (Fsp3) is 0.800. The van der Waals surface area contributed by atoms with E-state index in [2.05, 4.69) is 0 Å². The van der Waals surface area contributed by atoms with Gasteiger partial charge in [0.15, 0.2) is 0 Å². The SMILES string of the molecule is N[C@@H]([C]=O)C1CC1. The molecule has 0 bridgehead atoms. The van der Waals surface area contributed by atoms with Gasteiger partial charge in [-0.2, -0.15) is 0 Å². The normalized spacial score (nSPS) is 24.1. The van der Waals surface area contributed by atoms with Gasteiger partial charge < -0.3 is 5.73 Å². The molecule has 7 heavy (non-hydrogen) atoms. The smallest absolute Gasteiger partial charge is 0.216 e. The lowest BCUT2D eigenvalue weighted by atomic mass is 10.2. The zero-order valence-corrected chi connectivity index (χ0v) is 4.05. The Bertz CT molecular complexity index is 78.1. The summed E-state index contributed by atoms with van der Waals surface area (Å²) in [6, 6.07) is -0.292. The van der Waals surface area contributed by atoms with Gasteiger partial charge in [-0.05, 0) is 18.8 Å². The fourth-order valence-electron chi connectivity index (χ4n) is 0.552. The highest BCUT2D eigenvalue weighted by Crippen LogP contribution is 2.30. The Kier molecular flexibility index (Phi) is 1.11. The van der Waals surface area contributed by atoms with E-state index >= 15 is 0 Å². The second kappa shape index (κ2) is 1.62. The van der Waals surface area contributed by atoms with Crippen LogP contribution in [0.1, 0.15) is 12.8 Å². The maximum Gasteiger partial charge on any atom is 0.216 e. The second-order valence-electron chi connectivity index (χ2n) is 1.98. The zero-order chi connectivity index (χ0) is 5.28. The number of nitrogens with two attached hydrogens (primary N) is 1. The van der Waals surface area contributed by atoms with Crippen molar-refractivity contribution >= 4 is 6.29 Å². The minimum atomic E-state index is -0.292. The van der Waals surface area contributed by atoms with E-state index in [0.29, 0.717) is 5.92 Å². The van der Waals surface area contributed by atoms with Gasteiger partial charge in [0.2, 0.25) is 6.29 Å². The lowest BCUT2D eigenvalue weighted by Gasteiger charge is -1.92. The van der Waals surface area contributed by atoms with Crippen LogP contribution in [-0.2, 0) is 4.79 Å². The highest BCUT2D eigenvalue weighted by Gasteiger charge is 2.28. The number of hydrogen-bond donors (Lipinski definition) is 1. The molecule has 1 aliphatic rings. The zero-order valence-electron chi connectivity index (χ0n) is 4.05. The van der Waals surface area contributed by atoms with E-state index in [1.165, 1.54) is 0 Å². The van der Waals surface area contributed by atoms with Crippen molar-refractivity contribution in [3.63, 3.8) is 0 Å². The second-order valence-corrected chi connectivity index (χ2v) is 1.98. The molecule has 2 heteroatoms. The van der Waals surface area contributed by atoms with Gasteiger partial charge in [-0.25, -0.2) is 0 Å². The molecular formula is C5H8NO. The maximum atomic E-state index is 9.74. The van der Waals surface area contributed by atoms with Crippen LogP contribution >= 0.6 is 0 Å². The van der Waals surface area contributed by atoms with Crippen LogP contribution in [0.15, 0.2) is 0 Å². The summed E-state index contributed by atoms with van der Waals surface area (Å²) in [5, 5.41) is 0. The molecule has 0 saturated heterocycles. The summed E-state index contributed by atoms with van der Waals surface area (Å²) in [7, 11) is 0. The molecule has 0 aromatic heterocycles. The third-order valence-electron chi connectivity index (χ3n) is 1.27. The number of carbonyl (C=O) groups excluding carboxylic acids is 1. The Morgan fingerprint density at radius 3 is 2.43 bits per heavy atom. The molecule has 0 spiro atoms. The van der Waals surface area contributed by atoms with Gasteiger partial charge in [-0.1, -0.05) is 0 Å². The Balaban J connectivity index is 2.22. The first-order valence-electron chi connectivity index (χ1n) is 2.48. The molecular weight excluding hydrogens is 90.1 g/mol. The molecule has 1 fully saturated rings. The average Bonchev–Trinajstić information content (AvgIpc) is 2.44. The van der Waals surface area contributed by atoms with Crippen LogP contribution in [0, 0.1) is 5.92 Å². The molecule has 0 unspecified atom stereocenters. The van der Waals surface area contributed by atoms with Crippen molar-refractivity contribution in [2.24, 2.45) is 11.7 Å². The molecule has 1 radical (unpaired) electrons. The molecule has 0 amide bonds. The minimum absolute atomic E-state index is 0.292. The molecule has 2 nitrogen and oxygen atoms in total. The standard InChI is InChI=1S/C5H8NO/c6-5(3-7)4-1-2-4/h4-5H,1-2,6H2/t5-/m0/s1. The van der Waals surface area contributed by atoms with Crippen molar-refractivity contribution in [2.45, 2.75) is 18.9 Å². The highest BCUT2D eigenvalue weighted by molar-refractivity contribution is 5.59. The van der Waals surface area contributed by atoms with Crippen molar-refractivity contribution in [3.8, 4) is 0 Å². The molecule has 2 N–H and O–H groups in total. The third kappa shape index (κ3) is 0.996. The Hall–Kier alpha value is -0.370. The van der Waals surface area contributed by atoms with Gasteiger partial charge in [0.25, 0.3) is 0 Å². The molecule has 1 atom stereocenters. The van der Waals surface area contributed by atoms with Crippen LogP contribution in [0.4, 0.5) is 0 Å². The monoisotopic (exact) mass is 98.1 g/mol. The summed E-state index contributed by atoms with van der Waals surface area (Å²) in [6.45, 7) is 0. The first kappa shape index (κ1) is 4.78. The minimum Gasteiger partial charge on any atom is -0.321 e. The van der Waals surface area contributed by atoms with Crippen LogP contribution in [-0.4, -0.2) is 12.3 Å². The topological polar surface area (TPSA) is 43.1 Å². The van der Waals surface area contributed by atoms with E-state index in [4.69, 9.17) is 5.73 Å². The third-order valence-corrected chi connectivity index (χ3v) is 1.27. The summed E-state index contributed by atoms with van der Waals surface area (Å²) >= 11 is 0. The van der Waals surface area contributed by atoms with E-state index in [1.807, 2.05) is 0 Å². The van der Waals surface area contributed by atoms with Crippen molar-refractivity contribution in [2.75, 3.05) is 0 Å². The Labute approximate surface area is 42.7 Å². The van der Waals surface area contributed by atoms with E-state index < -0.39 is 0 Å². The van der Waals surface area contributed by atoms with Crippen LogP contribution < -0.4 is 5.73 Å². The molecule has 1 aliphatic carbocycles. The van der Waals surface area contributed by atoms with Crippen molar-refractivity contribution in [3.05, 3.63) is 0 Å². The number of hydrogen-bond acceptors (Lipinski definition) is 2. The Morgan fingerprint density at radius 1 is 1.71 bits per heavy atom. The van der Waals surface area contributed by atoms with E-state index in [9.17, 15) is 4.79 Å². The fourth-order valence-corrected chi connectivity index (χ4v) is 0.552. The maximum absolute atomic E-state index is 9.74. The predicted molar refractivity (Wildman–Crippen MR) is 26.4 cm³/mol. The van der Waals surface area contributed by atoms with E-state index in [-0.39, 0.29) is 6.04 Å². The molecule has 0 aliphatic heterocycles. The van der Waals surface area contributed by atoms with Crippen LogP contribution in [0.25, 0.3) is 0 Å². The molecule has 1 rings (SSSR count). The predicted octanol–water partition coefficient (Wildman–Crippen LogP) is -0.167. The summed E-state index contributed by atoms with van der Waals surface area (Å²) in [6.07, 6.45) is 4.00. The summed E-state index contributed by atoms with van der Waals surface area (Å²) in [5.74, 6) is 0.470. The average molecular weight is 98.1 g/mol. The van der Waals surface area contributed by atoms with Gasteiger partial charge in [0.1, 0.15) is 0 Å². The van der Waals surface area contributed by atoms with Crippen molar-refractivity contribution in [1.82, 2.24) is 0 Å². The lowest BCUT2D eigenvalue weighted by molar-refractivity contribution is 0.532. The molecule has 39 valence electrons. The van der Waals surface area contributed by atoms with Gasteiger partial charge >= 0.3 is 0 Å². The summed E-state index contributed by atoms with van der Waals surface area (Å²) in [4.78, 5) is 9.74. The van der Waals surface area contributed by atoms with Gasteiger partial charge in [-0.3, -0.25) is 4.79 Å². The molecule has 0 aromatic rings. The van der Waals surface area contributed by atoms with Gasteiger partial charge in [0, 0.05) is 0 Å². The van der Waals surface area contributed by atoms with Crippen LogP contribution in [0.2, 0.25) is 0 Å². The van der Waals surface area contributed by atoms with Gasteiger partial charge in [-0.15, -0.1) is 0 Å². The van der Waals surface area contributed by atoms with Crippen LogP contribution in [0.3, 0.4) is 0 Å². The molecule has 0 aromatic carbocycles. The van der Waals surface area contributed by atoms with Gasteiger partial charge in [0.05, 0.1) is 6.04 Å². The summed E-state index contributed by atoms with van der Waals surface area (Å²) < 4.78 is 0. The molecule has 0 heterocycles. The van der Waals surface area contributed by atoms with E-state index in [1.54, 1.807) is 6.29 Å². The number of rotatable bonds is 2. The lowest BCUT2D eigenvalue weighted by Crippen LogP contribution is -2.23. The first-order valence-corrected chi connectivity index (χ1v) is 2.48. The Morgan fingerprint density at radius 2 is 2.29 bits per heavy atom. The van der Waals surface area contributed by atoms with Crippen molar-refractivity contribution in [1.29, 1.82) is 0 Å².